The Balaban J connectivity index is 2.55. The van der Waals surface area contributed by atoms with E-state index in [0.717, 1.165) is 24.3 Å². The average molecular weight is 176 g/mol. The van der Waals surface area contributed by atoms with Crippen LogP contribution in [-0.4, -0.2) is 6.54 Å². The van der Waals surface area contributed by atoms with Crippen LogP contribution in [-0.2, 0) is 5.41 Å². The molecule has 1 heterocycles. The largest absolute Gasteiger partial charge is 0.397 e. The molecule has 70 valence electrons. The molecule has 0 bridgehead atoms. The van der Waals surface area contributed by atoms with Crippen LogP contribution in [0.3, 0.4) is 0 Å². The van der Waals surface area contributed by atoms with E-state index in [9.17, 15) is 0 Å². The van der Waals surface area contributed by atoms with E-state index in [1.165, 1.54) is 5.56 Å². The van der Waals surface area contributed by atoms with E-state index in [1.54, 1.807) is 0 Å². The third-order valence-electron chi connectivity index (χ3n) is 3.18. The van der Waals surface area contributed by atoms with Crippen molar-refractivity contribution in [3.05, 3.63) is 23.8 Å². The molecule has 2 nitrogen and oxygen atoms in total. The normalized spacial score (nSPS) is 25.4. The zero-order valence-corrected chi connectivity index (χ0v) is 8.22. The van der Waals surface area contributed by atoms with Crippen molar-refractivity contribution < 1.29 is 0 Å². The number of benzene rings is 1. The molecular formula is C11H16N2. The zero-order chi connectivity index (χ0) is 9.47. The molecule has 1 atom stereocenters. The molecule has 1 aliphatic rings. The number of fused-ring (bicyclic) bond motifs is 1. The Morgan fingerprint density at radius 1 is 1.54 bits per heavy atom. The molecule has 1 aliphatic heterocycles. The highest BCUT2D eigenvalue weighted by atomic mass is 14.9. The molecule has 0 radical (unpaired) electrons. The molecule has 0 spiro atoms. The number of hydrogen-bond acceptors (Lipinski definition) is 2. The van der Waals surface area contributed by atoms with Gasteiger partial charge < -0.3 is 11.1 Å². The minimum absolute atomic E-state index is 0.269. The van der Waals surface area contributed by atoms with Gasteiger partial charge in [0.15, 0.2) is 0 Å². The van der Waals surface area contributed by atoms with Crippen molar-refractivity contribution in [3.8, 4) is 0 Å². The summed E-state index contributed by atoms with van der Waals surface area (Å²) < 4.78 is 0. The lowest BCUT2D eigenvalue weighted by Crippen LogP contribution is -2.22. The summed E-state index contributed by atoms with van der Waals surface area (Å²) in [5, 5.41) is 3.38. The van der Waals surface area contributed by atoms with E-state index >= 15 is 0 Å². The first kappa shape index (κ1) is 8.42. The van der Waals surface area contributed by atoms with Crippen molar-refractivity contribution >= 4 is 11.4 Å². The van der Waals surface area contributed by atoms with Crippen molar-refractivity contribution in [1.29, 1.82) is 0 Å². The first-order valence-electron chi connectivity index (χ1n) is 4.80. The molecule has 1 aromatic carbocycles. The van der Waals surface area contributed by atoms with Crippen LogP contribution in [0.1, 0.15) is 25.8 Å². The number of nitrogen functional groups attached to an aromatic ring is 1. The standard InChI is InChI=1S/C11H16N2/c1-3-11(2)7-13-10-8(11)5-4-6-9(10)12/h4-6,13H,3,7,12H2,1-2H3. The maximum atomic E-state index is 5.89. The number of rotatable bonds is 1. The van der Waals surface area contributed by atoms with Crippen molar-refractivity contribution in [2.24, 2.45) is 0 Å². The number of anilines is 2. The molecule has 0 fully saturated rings. The van der Waals surface area contributed by atoms with Crippen molar-refractivity contribution in [1.82, 2.24) is 0 Å². The first-order chi connectivity index (χ1) is 6.17. The smallest absolute Gasteiger partial charge is 0.0613 e. The SMILES string of the molecule is CCC1(C)CNc2c(N)cccc21. The Hall–Kier alpha value is -1.18. The Morgan fingerprint density at radius 3 is 3.00 bits per heavy atom. The third-order valence-corrected chi connectivity index (χ3v) is 3.18. The highest BCUT2D eigenvalue weighted by molar-refractivity contribution is 5.74. The zero-order valence-electron chi connectivity index (χ0n) is 8.22. The fourth-order valence-electron chi connectivity index (χ4n) is 1.96. The van der Waals surface area contributed by atoms with Gasteiger partial charge in [-0.2, -0.15) is 0 Å². The first-order valence-corrected chi connectivity index (χ1v) is 4.80. The number of nitrogens with two attached hydrogens (primary N) is 1. The summed E-state index contributed by atoms with van der Waals surface area (Å²) in [6.45, 7) is 5.51. The maximum absolute atomic E-state index is 5.89. The quantitative estimate of drug-likeness (QED) is 0.645. The van der Waals surface area contributed by atoms with E-state index < -0.39 is 0 Å². The van der Waals surface area contributed by atoms with Gasteiger partial charge >= 0.3 is 0 Å². The Kier molecular flexibility index (Phi) is 1.72. The summed E-state index contributed by atoms with van der Waals surface area (Å²) in [6.07, 6.45) is 1.15. The van der Waals surface area contributed by atoms with Gasteiger partial charge in [-0.1, -0.05) is 26.0 Å². The van der Waals surface area contributed by atoms with Gasteiger partial charge in [-0.15, -0.1) is 0 Å². The summed E-state index contributed by atoms with van der Waals surface area (Å²) in [7, 11) is 0. The molecular weight excluding hydrogens is 160 g/mol. The van der Waals surface area contributed by atoms with Crippen LogP contribution in [0, 0.1) is 0 Å². The van der Waals surface area contributed by atoms with E-state index in [2.05, 4.69) is 25.2 Å². The fourth-order valence-corrected chi connectivity index (χ4v) is 1.96. The molecule has 0 saturated heterocycles. The lowest BCUT2D eigenvalue weighted by atomic mass is 9.82. The molecule has 0 aliphatic carbocycles. The van der Waals surface area contributed by atoms with Crippen molar-refractivity contribution in [3.63, 3.8) is 0 Å². The highest BCUT2D eigenvalue weighted by Gasteiger charge is 2.33. The van der Waals surface area contributed by atoms with Crippen LogP contribution in [0.15, 0.2) is 18.2 Å². The second-order valence-corrected chi connectivity index (χ2v) is 4.04. The predicted molar refractivity (Wildman–Crippen MR) is 57.0 cm³/mol. The van der Waals surface area contributed by atoms with Crippen LogP contribution in [0.2, 0.25) is 0 Å². The highest BCUT2D eigenvalue weighted by Crippen LogP contribution is 2.41. The summed E-state index contributed by atoms with van der Waals surface area (Å²) in [6, 6.07) is 6.16. The van der Waals surface area contributed by atoms with E-state index in [1.807, 2.05) is 12.1 Å². The second-order valence-electron chi connectivity index (χ2n) is 4.04. The molecule has 2 rings (SSSR count). The molecule has 13 heavy (non-hydrogen) atoms. The summed E-state index contributed by atoms with van der Waals surface area (Å²) >= 11 is 0. The summed E-state index contributed by atoms with van der Waals surface area (Å²) in [5.41, 5.74) is 9.54. The van der Waals surface area contributed by atoms with Crippen LogP contribution in [0.5, 0.6) is 0 Å². The van der Waals surface area contributed by atoms with Crippen molar-refractivity contribution in [2.45, 2.75) is 25.7 Å². The summed E-state index contributed by atoms with van der Waals surface area (Å²) in [5.74, 6) is 0. The van der Waals surface area contributed by atoms with Crippen LogP contribution in [0.4, 0.5) is 11.4 Å². The summed E-state index contributed by atoms with van der Waals surface area (Å²) in [4.78, 5) is 0. The van der Waals surface area contributed by atoms with Gasteiger partial charge in [0.2, 0.25) is 0 Å². The van der Waals surface area contributed by atoms with Gasteiger partial charge in [0, 0.05) is 12.0 Å². The Morgan fingerprint density at radius 2 is 2.31 bits per heavy atom. The van der Waals surface area contributed by atoms with Gasteiger partial charge in [-0.05, 0) is 18.1 Å². The fraction of sp³-hybridized carbons (Fsp3) is 0.455. The average Bonchev–Trinajstić information content (AvgIpc) is 2.47. The minimum atomic E-state index is 0.269. The lowest BCUT2D eigenvalue weighted by Gasteiger charge is -2.21. The van der Waals surface area contributed by atoms with Gasteiger partial charge in [-0.25, -0.2) is 0 Å². The van der Waals surface area contributed by atoms with E-state index in [0.29, 0.717) is 0 Å². The number of hydrogen-bond donors (Lipinski definition) is 2. The van der Waals surface area contributed by atoms with Gasteiger partial charge in [-0.3, -0.25) is 0 Å². The molecule has 1 unspecified atom stereocenters. The predicted octanol–water partition coefficient (Wildman–Crippen LogP) is 2.36. The Labute approximate surface area is 79.1 Å². The van der Waals surface area contributed by atoms with E-state index in [-0.39, 0.29) is 5.41 Å². The molecule has 3 N–H and O–H groups in total. The maximum Gasteiger partial charge on any atom is 0.0613 e. The van der Waals surface area contributed by atoms with Gasteiger partial charge in [0.25, 0.3) is 0 Å². The molecule has 1 aromatic rings. The van der Waals surface area contributed by atoms with Crippen LogP contribution in [0.25, 0.3) is 0 Å². The lowest BCUT2D eigenvalue weighted by molar-refractivity contribution is 0.504. The second kappa shape index (κ2) is 2.66. The van der Waals surface area contributed by atoms with E-state index in [4.69, 9.17) is 5.73 Å². The Bertz CT molecular complexity index is 333. The third kappa shape index (κ3) is 1.09. The molecule has 0 amide bonds. The number of nitrogens with one attached hydrogen (secondary N) is 1. The number of para-hydroxylation sites is 1. The van der Waals surface area contributed by atoms with Gasteiger partial charge in [0.05, 0.1) is 11.4 Å². The van der Waals surface area contributed by atoms with Crippen molar-refractivity contribution in [2.75, 3.05) is 17.6 Å². The monoisotopic (exact) mass is 176 g/mol. The van der Waals surface area contributed by atoms with Crippen LogP contribution >= 0.6 is 0 Å². The topological polar surface area (TPSA) is 38.0 Å². The molecule has 0 aromatic heterocycles. The minimum Gasteiger partial charge on any atom is -0.397 e. The molecule has 2 heteroatoms. The van der Waals surface area contributed by atoms with Gasteiger partial charge in [0.1, 0.15) is 0 Å². The van der Waals surface area contributed by atoms with Crippen LogP contribution < -0.4 is 11.1 Å². The molecule has 0 saturated carbocycles.